The molecular weight excluding hydrogens is 185 g/mol. The molecule has 6 nitrogen and oxygen atoms in total. The van der Waals surface area contributed by atoms with Crippen molar-refractivity contribution >= 4 is 13.6 Å². The molecule has 0 fully saturated rings. The van der Waals surface area contributed by atoms with Gasteiger partial charge in [-0.25, -0.2) is 0 Å². The fraction of sp³-hybridized carbons (Fsp3) is 0.800. The van der Waals surface area contributed by atoms with Crippen LogP contribution >= 0.6 is 7.60 Å². The van der Waals surface area contributed by atoms with E-state index in [-0.39, 0.29) is 6.61 Å². The van der Waals surface area contributed by atoms with Crippen molar-refractivity contribution in [3.05, 3.63) is 0 Å². The molecule has 0 bridgehead atoms. The Hall–Kier alpha value is -0.420. The summed E-state index contributed by atoms with van der Waals surface area (Å²) in [6, 6.07) is -1.24. The number of rotatable bonds is 4. The highest BCUT2D eigenvalue weighted by atomic mass is 31.2. The van der Waals surface area contributed by atoms with Gasteiger partial charge >= 0.3 is 13.6 Å². The highest BCUT2D eigenvalue weighted by Crippen LogP contribution is 2.34. The van der Waals surface area contributed by atoms with Gasteiger partial charge in [0.15, 0.2) is 0 Å². The molecule has 0 rings (SSSR count). The van der Waals surface area contributed by atoms with Gasteiger partial charge < -0.3 is 20.3 Å². The van der Waals surface area contributed by atoms with E-state index in [1.807, 2.05) is 0 Å². The average Bonchev–Trinajstić information content (AvgIpc) is 1.84. The first kappa shape index (κ1) is 11.6. The Morgan fingerprint density at radius 3 is 2.50 bits per heavy atom. The van der Waals surface area contributed by atoms with Gasteiger partial charge in [-0.2, -0.15) is 0 Å². The molecule has 1 atom stereocenters. The summed E-state index contributed by atoms with van der Waals surface area (Å²) in [7, 11) is -4.23. The van der Waals surface area contributed by atoms with Crippen LogP contribution < -0.4 is 5.73 Å². The van der Waals surface area contributed by atoms with Gasteiger partial charge in [-0.1, -0.05) is 0 Å². The molecular formula is C5H12NO5P. The lowest BCUT2D eigenvalue weighted by molar-refractivity contribution is -0.144. The first-order chi connectivity index (χ1) is 5.37. The van der Waals surface area contributed by atoms with E-state index in [2.05, 4.69) is 4.74 Å². The minimum Gasteiger partial charge on any atom is -0.465 e. The monoisotopic (exact) mass is 197 g/mol. The lowest BCUT2D eigenvalue weighted by atomic mass is 10.4. The summed E-state index contributed by atoms with van der Waals surface area (Å²) in [5, 5.41) is 0. The topological polar surface area (TPSA) is 110 Å². The number of hydrogen-bond acceptors (Lipinski definition) is 4. The zero-order chi connectivity index (χ0) is 9.78. The van der Waals surface area contributed by atoms with Gasteiger partial charge in [-0.3, -0.25) is 9.36 Å². The third-order valence-corrected chi connectivity index (χ3v) is 1.89. The van der Waals surface area contributed by atoms with Gasteiger partial charge in [0.2, 0.25) is 0 Å². The average molecular weight is 197 g/mol. The van der Waals surface area contributed by atoms with Crippen molar-refractivity contribution in [1.29, 1.82) is 0 Å². The third kappa shape index (κ3) is 5.26. The van der Waals surface area contributed by atoms with Crippen molar-refractivity contribution in [2.75, 3.05) is 12.8 Å². The number of nitrogens with two attached hydrogens (primary N) is 1. The Labute approximate surface area is 69.9 Å². The van der Waals surface area contributed by atoms with E-state index in [0.29, 0.717) is 0 Å². The van der Waals surface area contributed by atoms with Crippen LogP contribution in [-0.4, -0.2) is 34.6 Å². The van der Waals surface area contributed by atoms with E-state index in [1.165, 1.54) is 0 Å². The van der Waals surface area contributed by atoms with Crippen molar-refractivity contribution in [3.63, 3.8) is 0 Å². The molecule has 0 spiro atoms. The van der Waals surface area contributed by atoms with Crippen molar-refractivity contribution < 1.29 is 23.9 Å². The van der Waals surface area contributed by atoms with Crippen LogP contribution in [0.4, 0.5) is 0 Å². The predicted octanol–water partition coefficient (Wildman–Crippen LogP) is -0.946. The maximum absolute atomic E-state index is 10.7. The largest absolute Gasteiger partial charge is 0.465 e. The van der Waals surface area contributed by atoms with Crippen LogP contribution in [-0.2, 0) is 14.1 Å². The molecule has 72 valence electrons. The van der Waals surface area contributed by atoms with Crippen LogP contribution in [0.15, 0.2) is 0 Å². The van der Waals surface area contributed by atoms with Crippen LogP contribution in [0, 0.1) is 0 Å². The maximum Gasteiger partial charge on any atom is 0.327 e. The van der Waals surface area contributed by atoms with Gasteiger partial charge in [-0.05, 0) is 6.92 Å². The SMILES string of the molecule is CCOC(=O)C(N)CP(=O)(O)O. The first-order valence-corrected chi connectivity index (χ1v) is 5.13. The van der Waals surface area contributed by atoms with Gasteiger partial charge in [0, 0.05) is 0 Å². The van der Waals surface area contributed by atoms with Gasteiger partial charge in [0.1, 0.15) is 6.04 Å². The summed E-state index contributed by atoms with van der Waals surface area (Å²) in [5.74, 6) is -0.791. The van der Waals surface area contributed by atoms with E-state index in [4.69, 9.17) is 15.5 Å². The minimum atomic E-state index is -4.23. The van der Waals surface area contributed by atoms with Crippen LogP contribution in [0.25, 0.3) is 0 Å². The molecule has 0 saturated carbocycles. The second kappa shape index (κ2) is 4.57. The summed E-state index contributed by atoms with van der Waals surface area (Å²) in [6.45, 7) is 1.73. The lowest BCUT2D eigenvalue weighted by Crippen LogP contribution is -2.35. The van der Waals surface area contributed by atoms with Crippen molar-refractivity contribution in [2.45, 2.75) is 13.0 Å². The molecule has 0 aliphatic rings. The molecule has 0 radical (unpaired) electrons. The smallest absolute Gasteiger partial charge is 0.327 e. The minimum absolute atomic E-state index is 0.147. The summed E-state index contributed by atoms with van der Waals surface area (Å²) in [4.78, 5) is 27.6. The predicted molar refractivity (Wildman–Crippen MR) is 41.5 cm³/mol. The molecule has 0 aromatic rings. The summed E-state index contributed by atoms with van der Waals surface area (Å²) >= 11 is 0. The molecule has 7 heteroatoms. The molecule has 0 saturated heterocycles. The van der Waals surface area contributed by atoms with Crippen LogP contribution in [0.1, 0.15) is 6.92 Å². The van der Waals surface area contributed by atoms with E-state index in [1.54, 1.807) is 6.92 Å². The molecule has 4 N–H and O–H groups in total. The van der Waals surface area contributed by atoms with E-state index < -0.39 is 25.8 Å². The molecule has 0 aromatic heterocycles. The highest BCUT2D eigenvalue weighted by Gasteiger charge is 2.24. The van der Waals surface area contributed by atoms with Gasteiger partial charge in [-0.15, -0.1) is 0 Å². The van der Waals surface area contributed by atoms with E-state index in [0.717, 1.165) is 0 Å². The molecule has 12 heavy (non-hydrogen) atoms. The van der Waals surface area contributed by atoms with Crippen molar-refractivity contribution in [3.8, 4) is 0 Å². The van der Waals surface area contributed by atoms with Crippen LogP contribution in [0.2, 0.25) is 0 Å². The second-order valence-corrected chi connectivity index (χ2v) is 3.90. The zero-order valence-electron chi connectivity index (χ0n) is 6.64. The number of carbonyl (C=O) groups is 1. The quantitative estimate of drug-likeness (QED) is 0.396. The zero-order valence-corrected chi connectivity index (χ0v) is 7.53. The first-order valence-electron chi connectivity index (χ1n) is 3.33. The molecule has 0 heterocycles. The Kier molecular flexibility index (Phi) is 4.41. The lowest BCUT2D eigenvalue weighted by Gasteiger charge is -2.10. The Morgan fingerprint density at radius 1 is 1.67 bits per heavy atom. The van der Waals surface area contributed by atoms with Gasteiger partial charge in [0.05, 0.1) is 12.8 Å². The molecule has 0 aliphatic heterocycles. The molecule has 1 unspecified atom stereocenters. The van der Waals surface area contributed by atoms with Crippen molar-refractivity contribution in [2.24, 2.45) is 5.73 Å². The second-order valence-electron chi connectivity index (χ2n) is 2.21. The molecule has 0 aliphatic carbocycles. The third-order valence-electron chi connectivity index (χ3n) is 1.02. The van der Waals surface area contributed by atoms with Crippen LogP contribution in [0.5, 0.6) is 0 Å². The van der Waals surface area contributed by atoms with Gasteiger partial charge in [0.25, 0.3) is 0 Å². The number of ether oxygens (including phenoxy) is 1. The Morgan fingerprint density at radius 2 is 2.17 bits per heavy atom. The Bertz CT molecular complexity index is 200. The summed E-state index contributed by atoms with van der Waals surface area (Å²) < 4.78 is 14.8. The fourth-order valence-electron chi connectivity index (χ4n) is 0.580. The number of hydrogen-bond donors (Lipinski definition) is 3. The van der Waals surface area contributed by atoms with E-state index >= 15 is 0 Å². The summed E-state index contributed by atoms with van der Waals surface area (Å²) in [6.07, 6.45) is -0.675. The molecule has 0 aromatic carbocycles. The van der Waals surface area contributed by atoms with Crippen molar-refractivity contribution in [1.82, 2.24) is 0 Å². The normalized spacial score (nSPS) is 14.0. The maximum atomic E-state index is 10.7. The molecule has 0 amide bonds. The Balaban J connectivity index is 3.96. The highest BCUT2D eigenvalue weighted by molar-refractivity contribution is 7.51. The van der Waals surface area contributed by atoms with E-state index in [9.17, 15) is 9.36 Å². The fourth-order valence-corrected chi connectivity index (χ4v) is 1.24. The standard InChI is InChI=1S/C5H12NO5P/c1-2-11-5(7)4(6)3-12(8,9)10/h4H,2-3,6H2,1H3,(H2,8,9,10). The number of carbonyl (C=O) groups excluding carboxylic acids is 1. The summed E-state index contributed by atoms with van der Waals surface area (Å²) in [5.41, 5.74) is 5.12. The van der Waals surface area contributed by atoms with Crippen LogP contribution in [0.3, 0.4) is 0 Å². The number of esters is 1.